The van der Waals surface area contributed by atoms with E-state index in [0.717, 1.165) is 28.5 Å². The van der Waals surface area contributed by atoms with Crippen LogP contribution in [0.3, 0.4) is 0 Å². The highest BCUT2D eigenvalue weighted by atomic mass is 79.9. The van der Waals surface area contributed by atoms with Crippen molar-refractivity contribution in [1.29, 1.82) is 0 Å². The molecule has 4 rings (SSSR count). The molecule has 10 heteroatoms. The minimum absolute atomic E-state index is 0.0260. The van der Waals surface area contributed by atoms with Crippen LogP contribution in [0.5, 0.6) is 0 Å². The van der Waals surface area contributed by atoms with Gasteiger partial charge in [-0.05, 0) is 24.3 Å². The van der Waals surface area contributed by atoms with E-state index < -0.39 is 11.7 Å². The molecule has 168 valence electrons. The molecule has 1 aliphatic heterocycles. The molecule has 3 heterocycles. The van der Waals surface area contributed by atoms with Gasteiger partial charge in [-0.3, -0.25) is 0 Å². The van der Waals surface area contributed by atoms with Crippen LogP contribution in [-0.4, -0.2) is 46.5 Å². The lowest BCUT2D eigenvalue weighted by molar-refractivity contribution is -0.137. The van der Waals surface area contributed by atoms with Crippen LogP contribution in [0.4, 0.5) is 24.8 Å². The van der Waals surface area contributed by atoms with Crippen LogP contribution in [0.25, 0.3) is 11.3 Å². The maximum atomic E-state index is 13.4. The molecule has 1 aliphatic rings. The predicted octanol–water partition coefficient (Wildman–Crippen LogP) is 5.47. The average Bonchev–Trinajstić information content (AvgIpc) is 2.79. The number of rotatable bonds is 5. The van der Waals surface area contributed by atoms with E-state index in [-0.39, 0.29) is 5.82 Å². The second kappa shape index (κ2) is 9.62. The first-order chi connectivity index (χ1) is 15.3. The Hall–Kier alpha value is -2.39. The molecular formula is C22H20BrClF3N5. The van der Waals surface area contributed by atoms with Gasteiger partial charge in [-0.25, -0.2) is 15.0 Å². The molecule has 0 amide bonds. The fraction of sp³-hybridized carbons (Fsp3) is 0.318. The van der Waals surface area contributed by atoms with Gasteiger partial charge in [-0.2, -0.15) is 13.2 Å². The van der Waals surface area contributed by atoms with E-state index in [9.17, 15) is 13.2 Å². The molecule has 32 heavy (non-hydrogen) atoms. The number of nitrogens with zero attached hydrogens (tertiary/aromatic N) is 5. The molecule has 0 unspecified atom stereocenters. The van der Waals surface area contributed by atoms with Gasteiger partial charge in [-0.1, -0.05) is 39.7 Å². The van der Waals surface area contributed by atoms with Gasteiger partial charge in [0.25, 0.3) is 0 Å². The number of hydrogen-bond acceptors (Lipinski definition) is 5. The summed E-state index contributed by atoms with van der Waals surface area (Å²) >= 11 is 9.59. The van der Waals surface area contributed by atoms with E-state index >= 15 is 0 Å². The number of anilines is 2. The van der Waals surface area contributed by atoms with Gasteiger partial charge in [0.2, 0.25) is 0 Å². The Bertz CT molecular complexity index is 1090. The highest BCUT2D eigenvalue weighted by Gasteiger charge is 2.36. The lowest BCUT2D eigenvalue weighted by Gasteiger charge is -2.37. The molecule has 5 nitrogen and oxygen atoms in total. The number of hydrogen-bond donors (Lipinski definition) is 0. The SMILES string of the molecule is FC(F)(F)c1cccnc1N1CCN(c2cc(-c3cccc(Cl)c3)nc(CCBr)n2)CC1. The molecule has 1 saturated heterocycles. The number of pyridine rings is 1. The van der Waals surface area contributed by atoms with E-state index in [1.54, 1.807) is 11.0 Å². The van der Waals surface area contributed by atoms with Gasteiger partial charge in [0.1, 0.15) is 17.5 Å². The summed E-state index contributed by atoms with van der Waals surface area (Å²) in [6.07, 6.45) is -2.39. The zero-order chi connectivity index (χ0) is 22.7. The third-order valence-electron chi connectivity index (χ3n) is 5.19. The number of benzene rings is 1. The smallest absolute Gasteiger partial charge is 0.353 e. The first-order valence-corrected chi connectivity index (χ1v) is 11.6. The van der Waals surface area contributed by atoms with E-state index in [1.165, 1.54) is 12.3 Å². The Morgan fingerprint density at radius 1 is 0.969 bits per heavy atom. The summed E-state index contributed by atoms with van der Waals surface area (Å²) < 4.78 is 40.2. The standard InChI is InChI=1S/C22H20BrClF3N5/c23-7-6-19-29-18(15-3-1-4-16(24)13-15)14-20(30-19)31-9-11-32(12-10-31)21-17(22(25,26)27)5-2-8-28-21/h1-5,8,13-14H,6-7,9-12H2. The van der Waals surface area contributed by atoms with E-state index in [2.05, 4.69) is 35.8 Å². The fourth-order valence-corrected chi connectivity index (χ4v) is 4.20. The largest absolute Gasteiger partial charge is 0.419 e. The van der Waals surface area contributed by atoms with Crippen molar-refractivity contribution >= 4 is 39.2 Å². The topological polar surface area (TPSA) is 45.2 Å². The van der Waals surface area contributed by atoms with Gasteiger partial charge < -0.3 is 9.80 Å². The monoisotopic (exact) mass is 525 g/mol. The Labute approximate surface area is 197 Å². The lowest BCUT2D eigenvalue weighted by Crippen LogP contribution is -2.47. The van der Waals surface area contributed by atoms with Crippen LogP contribution in [0.2, 0.25) is 5.02 Å². The molecule has 3 aromatic rings. The van der Waals surface area contributed by atoms with Gasteiger partial charge in [-0.15, -0.1) is 0 Å². The minimum atomic E-state index is -4.44. The van der Waals surface area contributed by atoms with Crippen LogP contribution in [-0.2, 0) is 12.6 Å². The van der Waals surface area contributed by atoms with Crippen LogP contribution in [0.1, 0.15) is 11.4 Å². The number of aryl methyl sites for hydroxylation is 1. The third kappa shape index (κ3) is 5.15. The normalized spacial score (nSPS) is 14.7. The van der Waals surface area contributed by atoms with Crippen molar-refractivity contribution in [1.82, 2.24) is 15.0 Å². The second-order valence-corrected chi connectivity index (χ2v) is 8.55. The van der Waals surface area contributed by atoms with Gasteiger partial charge in [0.15, 0.2) is 0 Å². The molecule has 0 bridgehead atoms. The molecule has 0 saturated carbocycles. The van der Waals surface area contributed by atoms with Crippen LogP contribution in [0.15, 0.2) is 48.7 Å². The van der Waals surface area contributed by atoms with Crippen molar-refractivity contribution in [2.24, 2.45) is 0 Å². The van der Waals surface area contributed by atoms with Crippen molar-refractivity contribution in [3.05, 3.63) is 65.1 Å². The summed E-state index contributed by atoms with van der Waals surface area (Å²) in [5, 5.41) is 1.34. The number of alkyl halides is 4. The Morgan fingerprint density at radius 2 is 1.72 bits per heavy atom. The number of halogens is 5. The quantitative estimate of drug-likeness (QED) is 0.412. The summed E-state index contributed by atoms with van der Waals surface area (Å²) in [4.78, 5) is 17.1. The van der Waals surface area contributed by atoms with E-state index in [0.29, 0.717) is 43.4 Å². The zero-order valence-corrected chi connectivity index (χ0v) is 19.3. The maximum absolute atomic E-state index is 13.4. The average molecular weight is 527 g/mol. The molecule has 2 aromatic heterocycles. The highest BCUT2D eigenvalue weighted by molar-refractivity contribution is 9.09. The highest BCUT2D eigenvalue weighted by Crippen LogP contribution is 2.35. The molecule has 1 aromatic carbocycles. The molecule has 0 atom stereocenters. The summed E-state index contributed by atoms with van der Waals surface area (Å²) in [6, 6.07) is 11.7. The van der Waals surface area contributed by atoms with E-state index in [1.807, 2.05) is 24.3 Å². The van der Waals surface area contributed by atoms with Crippen molar-refractivity contribution in [2.75, 3.05) is 41.3 Å². The molecule has 0 aliphatic carbocycles. The van der Waals surface area contributed by atoms with Crippen molar-refractivity contribution < 1.29 is 13.2 Å². The van der Waals surface area contributed by atoms with Crippen LogP contribution in [0, 0.1) is 0 Å². The summed E-state index contributed by atoms with van der Waals surface area (Å²) in [5.74, 6) is 1.42. The summed E-state index contributed by atoms with van der Waals surface area (Å²) in [7, 11) is 0. The molecular weight excluding hydrogens is 507 g/mol. The van der Waals surface area contributed by atoms with Crippen molar-refractivity contribution in [3.8, 4) is 11.3 Å². The second-order valence-electron chi connectivity index (χ2n) is 7.32. The Balaban J connectivity index is 1.57. The minimum Gasteiger partial charge on any atom is -0.353 e. The van der Waals surface area contributed by atoms with Crippen LogP contribution < -0.4 is 9.80 Å². The fourth-order valence-electron chi connectivity index (χ4n) is 3.65. The van der Waals surface area contributed by atoms with Gasteiger partial charge in [0.05, 0.1) is 11.3 Å². The van der Waals surface area contributed by atoms with E-state index in [4.69, 9.17) is 11.6 Å². The molecule has 1 fully saturated rings. The Morgan fingerprint density at radius 3 is 2.41 bits per heavy atom. The van der Waals surface area contributed by atoms with Crippen molar-refractivity contribution in [3.63, 3.8) is 0 Å². The number of piperazine rings is 1. The third-order valence-corrected chi connectivity index (χ3v) is 5.82. The first kappa shape index (κ1) is 22.8. The molecule has 0 N–H and O–H groups in total. The first-order valence-electron chi connectivity index (χ1n) is 10.1. The zero-order valence-electron chi connectivity index (χ0n) is 17.0. The lowest BCUT2D eigenvalue weighted by atomic mass is 10.1. The predicted molar refractivity (Wildman–Crippen MR) is 124 cm³/mol. The summed E-state index contributed by atoms with van der Waals surface area (Å²) in [6.45, 7) is 1.86. The maximum Gasteiger partial charge on any atom is 0.419 e. The molecule has 0 spiro atoms. The number of aromatic nitrogens is 3. The van der Waals surface area contributed by atoms with Crippen molar-refractivity contribution in [2.45, 2.75) is 12.6 Å². The van der Waals surface area contributed by atoms with Crippen LogP contribution >= 0.6 is 27.5 Å². The van der Waals surface area contributed by atoms with Gasteiger partial charge >= 0.3 is 6.18 Å². The Kier molecular flexibility index (Phi) is 6.85. The molecule has 0 radical (unpaired) electrons. The summed E-state index contributed by atoms with van der Waals surface area (Å²) in [5.41, 5.74) is 0.942. The van der Waals surface area contributed by atoms with Gasteiger partial charge in [0, 0.05) is 60.8 Å².